The number of alkyl halides is 1. The molecule has 1 saturated carbocycles. The minimum Gasteiger partial charge on any atom is -0.467 e. The van der Waals surface area contributed by atoms with E-state index < -0.39 is 0 Å². The lowest BCUT2D eigenvalue weighted by molar-refractivity contribution is -0.00405. The van der Waals surface area contributed by atoms with Gasteiger partial charge in [0.25, 0.3) is 0 Å². The maximum atomic E-state index is 5.80. The van der Waals surface area contributed by atoms with E-state index in [0.717, 1.165) is 0 Å². The molecular formula is C16H27IN2O. The first kappa shape index (κ1) is 16.3. The third-order valence-electron chi connectivity index (χ3n) is 4.77. The van der Waals surface area contributed by atoms with Crippen LogP contribution in [0, 0.1) is 0 Å². The summed E-state index contributed by atoms with van der Waals surface area (Å²) in [5.41, 5.74) is 0.197. The summed E-state index contributed by atoms with van der Waals surface area (Å²) in [6.45, 7) is 4.72. The number of likely N-dealkylation sites (N-methyl/N-ethyl adjacent to an activating group) is 1. The first-order chi connectivity index (χ1) is 9.81. The second-order valence-corrected chi connectivity index (χ2v) is 5.86. The Labute approximate surface area is 136 Å². The molecule has 1 saturated heterocycles. The number of halogens is 1. The van der Waals surface area contributed by atoms with Gasteiger partial charge in [-0.15, -0.1) is 0 Å². The molecule has 1 aliphatic carbocycles. The fraction of sp³-hybridized carbons (Fsp3) is 0.750. The van der Waals surface area contributed by atoms with Crippen LogP contribution in [0.15, 0.2) is 22.8 Å². The lowest BCUT2D eigenvalue weighted by atomic mass is 9.78. The van der Waals surface area contributed by atoms with Crippen LogP contribution in [-0.2, 0) is 5.54 Å². The summed E-state index contributed by atoms with van der Waals surface area (Å²) in [6.07, 6.45) is 8.44. The first-order valence-electron chi connectivity index (χ1n) is 7.67. The molecule has 3 nitrogen and oxygen atoms in total. The van der Waals surface area contributed by atoms with E-state index in [1.165, 1.54) is 64.0 Å². The number of nitrogens with zero attached hydrogens (tertiary/aromatic N) is 2. The van der Waals surface area contributed by atoms with Crippen molar-refractivity contribution in [3.05, 3.63) is 24.2 Å². The number of rotatable bonds is 2. The van der Waals surface area contributed by atoms with Crippen LogP contribution < -0.4 is 0 Å². The Bertz CT molecular complexity index is 366. The van der Waals surface area contributed by atoms with Crippen molar-refractivity contribution in [3.63, 3.8) is 0 Å². The maximum absolute atomic E-state index is 5.80. The van der Waals surface area contributed by atoms with E-state index in [9.17, 15) is 0 Å². The van der Waals surface area contributed by atoms with Crippen molar-refractivity contribution in [2.24, 2.45) is 0 Å². The van der Waals surface area contributed by atoms with Crippen molar-refractivity contribution < 1.29 is 4.42 Å². The van der Waals surface area contributed by atoms with Crippen molar-refractivity contribution in [2.75, 3.05) is 38.2 Å². The average Bonchev–Trinajstić information content (AvgIpc) is 3.05. The molecule has 0 amide bonds. The highest BCUT2D eigenvalue weighted by molar-refractivity contribution is 14.1. The summed E-state index contributed by atoms with van der Waals surface area (Å²) in [5, 5.41) is 0. The molecule has 1 aromatic rings. The highest BCUT2D eigenvalue weighted by atomic mass is 127. The Morgan fingerprint density at radius 3 is 2.25 bits per heavy atom. The molecule has 1 aromatic heterocycles. The SMILES string of the molecule is CI.CN1CCN(C2(c3ccco3)CCCCC2)CC1. The molecule has 0 unspecified atom stereocenters. The molecule has 0 N–H and O–H groups in total. The van der Waals surface area contributed by atoms with Crippen molar-refractivity contribution in [3.8, 4) is 0 Å². The molecular weight excluding hydrogens is 363 g/mol. The van der Waals surface area contributed by atoms with Crippen LogP contribution in [0.1, 0.15) is 37.9 Å². The largest absolute Gasteiger partial charge is 0.467 e. The van der Waals surface area contributed by atoms with Crippen LogP contribution in [-0.4, -0.2) is 48.0 Å². The van der Waals surface area contributed by atoms with Gasteiger partial charge in [0.1, 0.15) is 5.76 Å². The monoisotopic (exact) mass is 390 g/mol. The van der Waals surface area contributed by atoms with Crippen molar-refractivity contribution in [1.82, 2.24) is 9.80 Å². The summed E-state index contributed by atoms with van der Waals surface area (Å²) in [7, 11) is 2.22. The fourth-order valence-corrected chi connectivity index (χ4v) is 3.63. The smallest absolute Gasteiger partial charge is 0.124 e. The summed E-state index contributed by atoms with van der Waals surface area (Å²) in [4.78, 5) is 7.08. The second kappa shape index (κ2) is 7.80. The Morgan fingerprint density at radius 1 is 1.05 bits per heavy atom. The highest BCUT2D eigenvalue weighted by Gasteiger charge is 2.42. The van der Waals surface area contributed by atoms with E-state index in [1.807, 2.05) is 17.3 Å². The zero-order valence-corrected chi connectivity index (χ0v) is 14.9. The van der Waals surface area contributed by atoms with Gasteiger partial charge in [0.15, 0.2) is 0 Å². The fourth-order valence-electron chi connectivity index (χ4n) is 3.63. The Morgan fingerprint density at radius 2 is 1.70 bits per heavy atom. The van der Waals surface area contributed by atoms with Gasteiger partial charge in [-0.25, -0.2) is 0 Å². The number of piperazine rings is 1. The summed E-state index contributed by atoms with van der Waals surface area (Å²) >= 11 is 2.15. The summed E-state index contributed by atoms with van der Waals surface area (Å²) < 4.78 is 5.80. The molecule has 0 spiro atoms. The molecule has 4 heteroatoms. The molecule has 0 atom stereocenters. The lowest BCUT2D eigenvalue weighted by Gasteiger charge is -2.48. The Hall–Kier alpha value is -0.0700. The minimum atomic E-state index is 0.197. The summed E-state index contributed by atoms with van der Waals surface area (Å²) in [5.74, 6) is 1.20. The predicted octanol–water partition coefficient (Wildman–Crippen LogP) is 3.74. The van der Waals surface area contributed by atoms with E-state index >= 15 is 0 Å². The number of hydrogen-bond acceptors (Lipinski definition) is 3. The van der Waals surface area contributed by atoms with Crippen molar-refractivity contribution in [1.29, 1.82) is 0 Å². The van der Waals surface area contributed by atoms with Crippen LogP contribution >= 0.6 is 22.6 Å². The molecule has 114 valence electrons. The van der Waals surface area contributed by atoms with Crippen LogP contribution in [0.4, 0.5) is 0 Å². The number of furan rings is 1. The first-order valence-corrected chi connectivity index (χ1v) is 9.82. The molecule has 2 aliphatic rings. The molecule has 2 fully saturated rings. The van der Waals surface area contributed by atoms with E-state index in [-0.39, 0.29) is 5.54 Å². The van der Waals surface area contributed by atoms with Gasteiger partial charge in [-0.1, -0.05) is 41.9 Å². The molecule has 20 heavy (non-hydrogen) atoms. The number of hydrogen-bond donors (Lipinski definition) is 0. The van der Waals surface area contributed by atoms with Crippen LogP contribution in [0.2, 0.25) is 0 Å². The van der Waals surface area contributed by atoms with Gasteiger partial charge in [0.2, 0.25) is 0 Å². The van der Waals surface area contributed by atoms with Gasteiger partial charge in [-0.2, -0.15) is 0 Å². The predicted molar refractivity (Wildman–Crippen MR) is 92.5 cm³/mol. The summed E-state index contributed by atoms with van der Waals surface area (Å²) in [6, 6.07) is 4.23. The van der Waals surface area contributed by atoms with Crippen LogP contribution in [0.25, 0.3) is 0 Å². The zero-order chi connectivity index (χ0) is 14.4. The van der Waals surface area contributed by atoms with Gasteiger partial charge < -0.3 is 9.32 Å². The van der Waals surface area contributed by atoms with Crippen molar-refractivity contribution >= 4 is 22.6 Å². The molecule has 0 radical (unpaired) electrons. The van der Waals surface area contributed by atoms with Crippen LogP contribution in [0.5, 0.6) is 0 Å². The molecule has 1 aliphatic heterocycles. The normalized spacial score (nSPS) is 23.9. The maximum Gasteiger partial charge on any atom is 0.124 e. The van der Waals surface area contributed by atoms with Gasteiger partial charge in [0, 0.05) is 26.2 Å². The average molecular weight is 390 g/mol. The van der Waals surface area contributed by atoms with E-state index in [0.29, 0.717) is 0 Å². The van der Waals surface area contributed by atoms with Gasteiger partial charge in [-0.3, -0.25) is 4.90 Å². The standard InChI is InChI=1S/C15H24N2O.CH3I/c1-16-9-11-17(12-10-16)15(7-3-2-4-8-15)14-6-5-13-18-14;1-2/h5-6,13H,2-4,7-12H2,1H3;1H3. The highest BCUT2D eigenvalue weighted by Crippen LogP contribution is 2.42. The quantitative estimate of drug-likeness (QED) is 0.567. The third-order valence-corrected chi connectivity index (χ3v) is 4.77. The van der Waals surface area contributed by atoms with Gasteiger partial charge in [-0.05, 0) is 37.0 Å². The Balaban J connectivity index is 0.000000704. The molecule has 0 aromatic carbocycles. The molecule has 0 bridgehead atoms. The van der Waals surface area contributed by atoms with E-state index in [1.54, 1.807) is 0 Å². The van der Waals surface area contributed by atoms with Crippen molar-refractivity contribution in [2.45, 2.75) is 37.6 Å². The lowest BCUT2D eigenvalue weighted by Crippen LogP contribution is -2.55. The topological polar surface area (TPSA) is 19.6 Å². The van der Waals surface area contributed by atoms with Crippen LogP contribution in [0.3, 0.4) is 0 Å². The van der Waals surface area contributed by atoms with Gasteiger partial charge >= 0.3 is 0 Å². The Kier molecular flexibility index (Phi) is 6.36. The van der Waals surface area contributed by atoms with E-state index in [4.69, 9.17) is 4.42 Å². The van der Waals surface area contributed by atoms with E-state index in [2.05, 4.69) is 45.5 Å². The second-order valence-electron chi connectivity index (χ2n) is 5.86. The van der Waals surface area contributed by atoms with Gasteiger partial charge in [0.05, 0.1) is 11.8 Å². The zero-order valence-electron chi connectivity index (χ0n) is 12.8. The molecule has 2 heterocycles. The third kappa shape index (κ3) is 3.39. The minimum absolute atomic E-state index is 0.197. The molecule has 3 rings (SSSR count).